The number of H-pyrrole nitrogens is 1. The summed E-state index contributed by atoms with van der Waals surface area (Å²) in [5, 5.41) is 2.48. The van der Waals surface area contributed by atoms with E-state index in [9.17, 15) is 18.0 Å². The summed E-state index contributed by atoms with van der Waals surface area (Å²) < 4.78 is 34.0. The second-order valence-corrected chi connectivity index (χ2v) is 8.15. The van der Waals surface area contributed by atoms with Crippen LogP contribution in [0.25, 0.3) is 22.4 Å². The second-order valence-electron chi connectivity index (χ2n) is 6.52. The van der Waals surface area contributed by atoms with Crippen LogP contribution in [0, 0.1) is 0 Å². The van der Waals surface area contributed by atoms with E-state index in [1.54, 1.807) is 38.4 Å². The molecular weight excluding hydrogens is 408 g/mol. The zero-order valence-electron chi connectivity index (χ0n) is 16.6. The smallest absolute Gasteiger partial charge is 0.433 e. The monoisotopic (exact) mass is 428 g/mol. The Hall–Kier alpha value is -3.66. The van der Waals surface area contributed by atoms with Gasteiger partial charge in [0.25, 0.3) is 15.6 Å². The van der Waals surface area contributed by atoms with Crippen molar-refractivity contribution in [1.29, 1.82) is 0 Å². The lowest BCUT2D eigenvalue weighted by atomic mass is 10.0. The summed E-state index contributed by atoms with van der Waals surface area (Å²) in [6, 6.07) is 14.6. The fourth-order valence-electron chi connectivity index (χ4n) is 2.81. The highest BCUT2D eigenvalue weighted by Crippen LogP contribution is 2.30. The van der Waals surface area contributed by atoms with Gasteiger partial charge in [-0.2, -0.15) is 13.1 Å². The van der Waals surface area contributed by atoms with Crippen LogP contribution in [0.2, 0.25) is 0 Å². The van der Waals surface area contributed by atoms with Gasteiger partial charge >= 0.3 is 6.09 Å². The molecule has 1 N–H and O–H groups in total. The first-order valence-electron chi connectivity index (χ1n) is 8.80. The van der Waals surface area contributed by atoms with Crippen LogP contribution in [0.15, 0.2) is 68.7 Å². The van der Waals surface area contributed by atoms with Crippen LogP contribution >= 0.6 is 0 Å². The van der Waals surface area contributed by atoms with E-state index in [-0.39, 0.29) is 16.2 Å². The Balaban J connectivity index is 2.16. The largest absolute Gasteiger partial charge is 0.451 e. The van der Waals surface area contributed by atoms with Gasteiger partial charge in [0.2, 0.25) is 0 Å². The molecule has 1 heterocycles. The number of nitrogens with zero attached hydrogens (tertiary/aromatic N) is 3. The highest BCUT2D eigenvalue weighted by Gasteiger charge is 2.23. The number of aromatic amines is 1. The van der Waals surface area contributed by atoms with Crippen molar-refractivity contribution in [2.75, 3.05) is 21.2 Å². The van der Waals surface area contributed by atoms with Gasteiger partial charge in [-0.15, -0.1) is 4.40 Å². The third-order valence-corrected chi connectivity index (χ3v) is 5.40. The first-order chi connectivity index (χ1) is 14.2. The molecule has 2 aromatic carbocycles. The highest BCUT2D eigenvalue weighted by atomic mass is 32.2. The van der Waals surface area contributed by atoms with Crippen LogP contribution in [0.4, 0.5) is 4.79 Å². The topological polar surface area (TPSA) is 114 Å². The maximum absolute atomic E-state index is 12.6. The van der Waals surface area contributed by atoms with E-state index >= 15 is 0 Å². The Bertz CT molecular complexity index is 1240. The van der Waals surface area contributed by atoms with Gasteiger partial charge in [-0.25, -0.2) is 4.79 Å². The van der Waals surface area contributed by atoms with Crippen LogP contribution < -0.4 is 5.56 Å². The minimum Gasteiger partial charge on any atom is -0.451 e. The van der Waals surface area contributed by atoms with Gasteiger partial charge in [0.15, 0.2) is 0 Å². The van der Waals surface area contributed by atoms with Crippen LogP contribution in [-0.2, 0) is 14.8 Å². The first-order valence-corrected chi connectivity index (χ1v) is 10.2. The van der Waals surface area contributed by atoms with Crippen molar-refractivity contribution < 1.29 is 17.9 Å². The lowest BCUT2D eigenvalue weighted by Crippen LogP contribution is -2.16. The van der Waals surface area contributed by atoms with Gasteiger partial charge in [-0.1, -0.05) is 42.5 Å². The summed E-state index contributed by atoms with van der Waals surface area (Å²) in [5.41, 5.74) is 1.10. The average molecular weight is 428 g/mol. The Morgan fingerprint density at radius 3 is 2.27 bits per heavy atom. The van der Waals surface area contributed by atoms with Gasteiger partial charge in [-0.3, -0.25) is 9.89 Å². The third-order valence-electron chi connectivity index (χ3n) is 4.16. The summed E-state index contributed by atoms with van der Waals surface area (Å²) in [6.45, 7) is 0. The van der Waals surface area contributed by atoms with Crippen LogP contribution in [0.3, 0.4) is 0 Å². The van der Waals surface area contributed by atoms with E-state index < -0.39 is 21.7 Å². The minimum absolute atomic E-state index is 0.0203. The maximum Gasteiger partial charge on any atom is 0.433 e. The fourth-order valence-corrected chi connectivity index (χ4v) is 3.72. The SMILES string of the molecule is COC(=O)n1[nH]c(=O)c(-c2ccccc2)c1-c1ccc(S(=O)(=O)/N=C/N(C)C)cc1. The van der Waals surface area contributed by atoms with Crippen LogP contribution in [-0.4, -0.2) is 56.7 Å². The van der Waals surface area contributed by atoms with E-state index in [4.69, 9.17) is 4.74 Å². The molecule has 1 aromatic heterocycles. The Kier molecular flexibility index (Phi) is 5.88. The quantitative estimate of drug-likeness (QED) is 0.493. The Labute approximate surface area is 173 Å². The molecule has 3 aromatic rings. The van der Waals surface area contributed by atoms with E-state index in [1.807, 2.05) is 6.07 Å². The number of carbonyl (C=O) groups excluding carboxylic acids is 1. The lowest BCUT2D eigenvalue weighted by molar-refractivity contribution is 0.169. The van der Waals surface area contributed by atoms with Gasteiger partial charge in [0.1, 0.15) is 6.34 Å². The normalized spacial score (nSPS) is 11.6. The molecule has 156 valence electrons. The van der Waals surface area contributed by atoms with E-state index in [0.717, 1.165) is 4.68 Å². The average Bonchev–Trinajstić information content (AvgIpc) is 3.09. The summed E-state index contributed by atoms with van der Waals surface area (Å²) in [7, 11) is 0.633. The molecule has 10 heteroatoms. The zero-order chi connectivity index (χ0) is 21.9. The van der Waals surface area contributed by atoms with Gasteiger partial charge in [-0.05, 0) is 17.7 Å². The summed E-state index contributed by atoms with van der Waals surface area (Å²) in [6.07, 6.45) is 0.411. The number of hydrogen-bond acceptors (Lipinski definition) is 5. The molecule has 0 bridgehead atoms. The van der Waals surface area contributed by atoms with Crippen molar-refractivity contribution in [2.24, 2.45) is 4.40 Å². The molecule has 0 amide bonds. The Morgan fingerprint density at radius 1 is 1.07 bits per heavy atom. The van der Waals surface area contributed by atoms with Crippen molar-refractivity contribution in [2.45, 2.75) is 4.90 Å². The molecule has 0 saturated carbocycles. The number of ether oxygens (including phenoxy) is 1. The van der Waals surface area contributed by atoms with Crippen molar-refractivity contribution >= 4 is 22.5 Å². The molecule has 9 nitrogen and oxygen atoms in total. The molecular formula is C20H20N4O5S. The molecule has 0 radical (unpaired) electrons. The molecule has 0 spiro atoms. The Morgan fingerprint density at radius 2 is 1.70 bits per heavy atom. The van der Waals surface area contributed by atoms with Crippen LogP contribution in [0.1, 0.15) is 0 Å². The van der Waals surface area contributed by atoms with Crippen molar-refractivity contribution in [3.63, 3.8) is 0 Å². The number of carbonyl (C=O) groups is 1. The molecule has 3 rings (SSSR count). The molecule has 0 atom stereocenters. The standard InChI is InChI=1S/C20H20N4O5S/c1-23(2)13-21-30(27,28)16-11-9-15(10-12-16)18-17(14-7-5-4-6-8-14)19(25)22-24(18)20(26)29-3/h4-13H,1-3H3,(H,22,25)/b21-13+. The van der Waals surface area contributed by atoms with Gasteiger partial charge < -0.3 is 9.64 Å². The number of rotatable bonds is 5. The van der Waals surface area contributed by atoms with Crippen LogP contribution in [0.5, 0.6) is 0 Å². The number of nitrogens with one attached hydrogen (secondary N) is 1. The van der Waals surface area contributed by atoms with Crippen molar-refractivity contribution in [1.82, 2.24) is 14.7 Å². The summed E-state index contributed by atoms with van der Waals surface area (Å²) >= 11 is 0. The predicted molar refractivity (Wildman–Crippen MR) is 113 cm³/mol. The zero-order valence-corrected chi connectivity index (χ0v) is 17.4. The molecule has 0 fully saturated rings. The molecule has 30 heavy (non-hydrogen) atoms. The predicted octanol–water partition coefficient (Wildman–Crippen LogP) is 2.40. The number of methoxy groups -OCH3 is 1. The molecule has 0 aliphatic rings. The summed E-state index contributed by atoms with van der Waals surface area (Å²) in [5.74, 6) is 0. The molecule has 0 unspecified atom stereocenters. The number of sulfonamides is 1. The number of benzene rings is 2. The molecule has 0 saturated heterocycles. The van der Waals surface area contributed by atoms with Crippen molar-refractivity contribution in [3.05, 3.63) is 65.0 Å². The molecule has 0 aliphatic carbocycles. The fraction of sp³-hybridized carbons (Fsp3) is 0.150. The number of aromatic nitrogens is 2. The number of hydrogen-bond donors (Lipinski definition) is 1. The minimum atomic E-state index is -3.88. The van der Waals surface area contributed by atoms with E-state index in [1.165, 1.54) is 42.6 Å². The second kappa shape index (κ2) is 8.37. The molecule has 0 aliphatic heterocycles. The third kappa shape index (κ3) is 4.18. The van der Waals surface area contributed by atoms with Crippen molar-refractivity contribution in [3.8, 4) is 22.4 Å². The first kappa shape index (κ1) is 21.1. The van der Waals surface area contributed by atoms with Gasteiger partial charge in [0.05, 0.1) is 23.3 Å². The highest BCUT2D eigenvalue weighted by molar-refractivity contribution is 7.90. The van der Waals surface area contributed by atoms with Gasteiger partial charge in [0, 0.05) is 19.7 Å². The van der Waals surface area contributed by atoms with E-state index in [0.29, 0.717) is 11.1 Å². The van der Waals surface area contributed by atoms with E-state index in [2.05, 4.69) is 9.50 Å². The lowest BCUT2D eigenvalue weighted by Gasteiger charge is -2.09. The summed E-state index contributed by atoms with van der Waals surface area (Å²) in [4.78, 5) is 26.3. The maximum atomic E-state index is 12.6.